The molecule has 2 nitrogen and oxygen atoms in total. The number of ether oxygens (including phenoxy) is 1. The summed E-state index contributed by atoms with van der Waals surface area (Å²) < 4.78 is 5.85. The molecule has 2 heterocycles. The van der Waals surface area contributed by atoms with Crippen molar-refractivity contribution >= 4 is 0 Å². The summed E-state index contributed by atoms with van der Waals surface area (Å²) in [5.74, 6) is 1.08. The van der Waals surface area contributed by atoms with Gasteiger partial charge in [0.25, 0.3) is 0 Å². The summed E-state index contributed by atoms with van der Waals surface area (Å²) in [5, 5.41) is 3.65. The maximum Gasteiger partial charge on any atom is 0.122 e. The molecule has 2 aliphatic rings. The first kappa shape index (κ1) is 9.22. The summed E-state index contributed by atoms with van der Waals surface area (Å²) >= 11 is 0. The van der Waals surface area contributed by atoms with Crippen molar-refractivity contribution < 1.29 is 4.74 Å². The first-order chi connectivity index (χ1) is 7.38. The van der Waals surface area contributed by atoms with Gasteiger partial charge in [0.1, 0.15) is 12.4 Å². The van der Waals surface area contributed by atoms with Crippen molar-refractivity contribution in [1.29, 1.82) is 0 Å². The fourth-order valence-corrected chi connectivity index (χ4v) is 2.73. The predicted molar refractivity (Wildman–Crippen MR) is 60.2 cm³/mol. The van der Waals surface area contributed by atoms with Gasteiger partial charge in [0.15, 0.2) is 0 Å². The van der Waals surface area contributed by atoms with Gasteiger partial charge in [0.05, 0.1) is 5.54 Å². The van der Waals surface area contributed by atoms with E-state index in [9.17, 15) is 0 Å². The van der Waals surface area contributed by atoms with Gasteiger partial charge in [-0.15, -0.1) is 0 Å². The van der Waals surface area contributed by atoms with Crippen molar-refractivity contribution in [2.24, 2.45) is 0 Å². The Morgan fingerprint density at radius 3 is 3.00 bits per heavy atom. The molecule has 1 spiro atoms. The van der Waals surface area contributed by atoms with Crippen LogP contribution in [-0.2, 0) is 6.42 Å². The van der Waals surface area contributed by atoms with E-state index in [1.807, 2.05) is 6.07 Å². The maximum absolute atomic E-state index is 5.85. The lowest BCUT2D eigenvalue weighted by molar-refractivity contribution is 0.127. The van der Waals surface area contributed by atoms with Crippen molar-refractivity contribution in [3.8, 4) is 5.75 Å². The van der Waals surface area contributed by atoms with Crippen LogP contribution in [0.4, 0.5) is 0 Å². The Labute approximate surface area is 90.6 Å². The van der Waals surface area contributed by atoms with Gasteiger partial charge in [-0.1, -0.05) is 24.6 Å². The first-order valence-electron chi connectivity index (χ1n) is 5.84. The SMILES string of the molecule is c1ccc2c(c1)C[C@@]1(CCCCN1)CO2. The van der Waals surface area contributed by atoms with Gasteiger partial charge < -0.3 is 10.1 Å². The smallest absolute Gasteiger partial charge is 0.122 e. The Morgan fingerprint density at radius 2 is 2.13 bits per heavy atom. The molecule has 0 radical (unpaired) electrons. The summed E-state index contributed by atoms with van der Waals surface area (Å²) in [5.41, 5.74) is 1.59. The highest BCUT2D eigenvalue weighted by Gasteiger charge is 2.36. The van der Waals surface area contributed by atoms with Crippen LogP contribution >= 0.6 is 0 Å². The summed E-state index contributed by atoms with van der Waals surface area (Å²) in [4.78, 5) is 0. The average Bonchev–Trinajstić information content (AvgIpc) is 2.30. The maximum atomic E-state index is 5.85. The largest absolute Gasteiger partial charge is 0.491 e. The number of piperidine rings is 1. The van der Waals surface area contributed by atoms with E-state index in [2.05, 4.69) is 23.5 Å². The Kier molecular flexibility index (Phi) is 2.17. The molecular weight excluding hydrogens is 186 g/mol. The predicted octanol–water partition coefficient (Wildman–Crippen LogP) is 2.13. The van der Waals surface area contributed by atoms with Crippen LogP contribution < -0.4 is 10.1 Å². The summed E-state index contributed by atoms with van der Waals surface area (Å²) in [7, 11) is 0. The van der Waals surface area contributed by atoms with E-state index in [4.69, 9.17) is 4.74 Å². The van der Waals surface area contributed by atoms with Crippen LogP contribution in [0.3, 0.4) is 0 Å². The number of rotatable bonds is 0. The average molecular weight is 203 g/mol. The molecule has 3 rings (SSSR count). The molecule has 2 heteroatoms. The molecule has 0 unspecified atom stereocenters. The molecule has 0 aromatic heterocycles. The standard InChI is InChI=1S/C13H17NO/c1-2-6-12-11(5-1)9-13(10-15-12)7-3-4-8-14-13/h1-2,5-6,14H,3-4,7-10H2/t13-/m0/s1. The second-order valence-corrected chi connectivity index (χ2v) is 4.74. The molecule has 80 valence electrons. The second kappa shape index (κ2) is 3.53. The monoisotopic (exact) mass is 203 g/mol. The highest BCUT2D eigenvalue weighted by atomic mass is 16.5. The Bertz CT molecular complexity index is 355. The zero-order chi connectivity index (χ0) is 10.1. The van der Waals surface area contributed by atoms with E-state index >= 15 is 0 Å². The van der Waals surface area contributed by atoms with Crippen LogP contribution in [0, 0.1) is 0 Å². The van der Waals surface area contributed by atoms with Crippen molar-refractivity contribution in [2.45, 2.75) is 31.2 Å². The fourth-order valence-electron chi connectivity index (χ4n) is 2.73. The third-order valence-corrected chi connectivity index (χ3v) is 3.59. The topological polar surface area (TPSA) is 21.3 Å². The van der Waals surface area contributed by atoms with E-state index in [1.54, 1.807) is 0 Å². The van der Waals surface area contributed by atoms with E-state index in [0.717, 1.165) is 25.3 Å². The zero-order valence-electron chi connectivity index (χ0n) is 8.96. The Balaban J connectivity index is 1.87. The molecule has 1 saturated heterocycles. The Hall–Kier alpha value is -1.02. The molecule has 1 atom stereocenters. The molecule has 1 fully saturated rings. The lowest BCUT2D eigenvalue weighted by Crippen LogP contribution is -2.56. The highest BCUT2D eigenvalue weighted by Crippen LogP contribution is 2.33. The lowest BCUT2D eigenvalue weighted by Gasteiger charge is -2.41. The summed E-state index contributed by atoms with van der Waals surface area (Å²) in [6.45, 7) is 1.98. The van der Waals surface area contributed by atoms with Crippen LogP contribution in [0.5, 0.6) is 5.75 Å². The summed E-state index contributed by atoms with van der Waals surface area (Å²) in [6, 6.07) is 8.41. The van der Waals surface area contributed by atoms with Gasteiger partial charge in [-0.2, -0.15) is 0 Å². The van der Waals surface area contributed by atoms with Crippen LogP contribution in [0.1, 0.15) is 24.8 Å². The van der Waals surface area contributed by atoms with E-state index in [1.165, 1.54) is 24.8 Å². The lowest BCUT2D eigenvalue weighted by atomic mass is 9.82. The van der Waals surface area contributed by atoms with Gasteiger partial charge in [0, 0.05) is 0 Å². The number of benzene rings is 1. The third-order valence-electron chi connectivity index (χ3n) is 3.59. The molecule has 0 saturated carbocycles. The first-order valence-corrected chi connectivity index (χ1v) is 5.84. The molecule has 15 heavy (non-hydrogen) atoms. The van der Waals surface area contributed by atoms with Crippen molar-refractivity contribution in [3.05, 3.63) is 29.8 Å². The number of fused-ring (bicyclic) bond motifs is 1. The molecule has 1 aromatic carbocycles. The van der Waals surface area contributed by atoms with Crippen molar-refractivity contribution in [3.63, 3.8) is 0 Å². The second-order valence-electron chi connectivity index (χ2n) is 4.74. The van der Waals surface area contributed by atoms with Gasteiger partial charge >= 0.3 is 0 Å². The van der Waals surface area contributed by atoms with Crippen molar-refractivity contribution in [1.82, 2.24) is 5.32 Å². The normalized spacial score (nSPS) is 29.6. The molecule has 1 aromatic rings. The minimum Gasteiger partial charge on any atom is -0.491 e. The molecule has 1 N–H and O–H groups in total. The van der Waals surface area contributed by atoms with Crippen LogP contribution in [0.25, 0.3) is 0 Å². The molecular formula is C13H17NO. The zero-order valence-corrected chi connectivity index (χ0v) is 8.96. The van der Waals surface area contributed by atoms with Crippen molar-refractivity contribution in [2.75, 3.05) is 13.2 Å². The van der Waals surface area contributed by atoms with E-state index < -0.39 is 0 Å². The number of nitrogens with one attached hydrogen (secondary N) is 1. The highest BCUT2D eigenvalue weighted by molar-refractivity contribution is 5.37. The van der Waals surface area contributed by atoms with Gasteiger partial charge in [-0.25, -0.2) is 0 Å². The van der Waals surface area contributed by atoms with Gasteiger partial charge in [-0.05, 0) is 37.4 Å². The number of hydrogen-bond acceptors (Lipinski definition) is 2. The minimum absolute atomic E-state index is 0.229. The quantitative estimate of drug-likeness (QED) is 0.697. The molecule has 2 aliphatic heterocycles. The van der Waals surface area contributed by atoms with Crippen LogP contribution in [-0.4, -0.2) is 18.7 Å². The molecule has 0 amide bonds. The van der Waals surface area contributed by atoms with Gasteiger partial charge in [0.2, 0.25) is 0 Å². The molecule has 0 bridgehead atoms. The minimum atomic E-state index is 0.229. The summed E-state index contributed by atoms with van der Waals surface area (Å²) in [6.07, 6.45) is 5.02. The van der Waals surface area contributed by atoms with Gasteiger partial charge in [-0.3, -0.25) is 0 Å². The number of para-hydroxylation sites is 1. The Morgan fingerprint density at radius 1 is 1.20 bits per heavy atom. The fraction of sp³-hybridized carbons (Fsp3) is 0.538. The molecule has 0 aliphatic carbocycles. The number of hydrogen-bond donors (Lipinski definition) is 1. The van der Waals surface area contributed by atoms with Crippen LogP contribution in [0.15, 0.2) is 24.3 Å². The third kappa shape index (κ3) is 1.63. The van der Waals surface area contributed by atoms with E-state index in [-0.39, 0.29) is 5.54 Å². The van der Waals surface area contributed by atoms with E-state index in [0.29, 0.717) is 0 Å². The van der Waals surface area contributed by atoms with Crippen LogP contribution in [0.2, 0.25) is 0 Å².